The minimum atomic E-state index is 0.00335. The Bertz CT molecular complexity index is 1090. The second-order valence-electron chi connectivity index (χ2n) is 10.3. The maximum atomic E-state index is 12.7. The summed E-state index contributed by atoms with van der Waals surface area (Å²) in [6.45, 7) is 13.7. The number of fused-ring (bicyclic) bond motifs is 1. The van der Waals surface area contributed by atoms with E-state index in [1.165, 1.54) is 0 Å². The molecule has 0 radical (unpaired) electrons. The largest absolute Gasteiger partial charge is 0.352 e. The van der Waals surface area contributed by atoms with Crippen LogP contribution in [-0.2, 0) is 4.79 Å². The molecule has 2 aromatic heterocycles. The summed E-state index contributed by atoms with van der Waals surface area (Å²) in [5.41, 5.74) is 1.84. The van der Waals surface area contributed by atoms with Gasteiger partial charge in [0.25, 0.3) is 0 Å². The van der Waals surface area contributed by atoms with Gasteiger partial charge in [0.05, 0.1) is 17.3 Å². The topological polar surface area (TPSA) is 67.2 Å². The third-order valence-corrected chi connectivity index (χ3v) is 6.20. The van der Waals surface area contributed by atoms with Crippen LogP contribution < -0.4 is 4.90 Å². The first-order chi connectivity index (χ1) is 15.8. The van der Waals surface area contributed by atoms with Crippen LogP contribution in [0.1, 0.15) is 65.6 Å². The molecule has 0 bridgehead atoms. The van der Waals surface area contributed by atoms with E-state index in [0.717, 1.165) is 54.3 Å². The molecular formula is C26H36N6O. The maximum absolute atomic E-state index is 12.7. The average Bonchev–Trinajstić information content (AvgIpc) is 3.22. The molecule has 0 N–H and O–H groups in total. The Kier molecular flexibility index (Phi) is 6.68. The van der Waals surface area contributed by atoms with E-state index in [4.69, 9.17) is 9.97 Å². The summed E-state index contributed by atoms with van der Waals surface area (Å²) in [5, 5.41) is 5.63. The molecule has 1 aliphatic heterocycles. The number of carbonyl (C=O) groups is 1. The highest BCUT2D eigenvalue weighted by Crippen LogP contribution is 2.30. The first-order valence-electron chi connectivity index (χ1n) is 12.1. The van der Waals surface area contributed by atoms with Crippen LogP contribution >= 0.6 is 0 Å². The number of rotatable bonds is 6. The van der Waals surface area contributed by atoms with Gasteiger partial charge in [-0.3, -0.25) is 4.79 Å². The predicted octanol–water partition coefficient (Wildman–Crippen LogP) is 4.80. The van der Waals surface area contributed by atoms with Gasteiger partial charge in [0.1, 0.15) is 11.6 Å². The van der Waals surface area contributed by atoms with Crippen molar-refractivity contribution in [2.75, 3.05) is 31.1 Å². The Morgan fingerprint density at radius 2 is 1.76 bits per heavy atom. The van der Waals surface area contributed by atoms with E-state index in [2.05, 4.69) is 44.6 Å². The van der Waals surface area contributed by atoms with Gasteiger partial charge in [0.15, 0.2) is 5.65 Å². The molecule has 1 aliphatic rings. The van der Waals surface area contributed by atoms with Crippen molar-refractivity contribution in [1.82, 2.24) is 24.6 Å². The monoisotopic (exact) mass is 448 g/mol. The number of amides is 1. The smallest absolute Gasteiger partial charge is 0.223 e. The third-order valence-electron chi connectivity index (χ3n) is 6.20. The quantitative estimate of drug-likeness (QED) is 0.542. The van der Waals surface area contributed by atoms with E-state index < -0.39 is 0 Å². The molecule has 0 aliphatic carbocycles. The third kappa shape index (κ3) is 5.18. The Morgan fingerprint density at radius 3 is 2.39 bits per heavy atom. The molecule has 7 nitrogen and oxygen atoms in total. The van der Waals surface area contributed by atoms with Gasteiger partial charge in [-0.1, -0.05) is 59.2 Å². The number of carbonyl (C=O) groups excluding carboxylic acids is 1. The number of hydrogen-bond donors (Lipinski definition) is 0. The van der Waals surface area contributed by atoms with Crippen molar-refractivity contribution < 1.29 is 4.79 Å². The zero-order valence-electron chi connectivity index (χ0n) is 20.6. The number of piperazine rings is 1. The van der Waals surface area contributed by atoms with E-state index in [1.54, 1.807) is 0 Å². The molecule has 3 aromatic rings. The van der Waals surface area contributed by atoms with E-state index in [-0.39, 0.29) is 17.2 Å². The van der Waals surface area contributed by atoms with Crippen molar-refractivity contribution in [2.45, 2.75) is 59.8 Å². The van der Waals surface area contributed by atoms with Gasteiger partial charge in [-0.05, 0) is 24.0 Å². The van der Waals surface area contributed by atoms with E-state index in [9.17, 15) is 4.79 Å². The summed E-state index contributed by atoms with van der Waals surface area (Å²) in [5.74, 6) is 2.31. The molecule has 1 aromatic carbocycles. The van der Waals surface area contributed by atoms with Crippen LogP contribution in [0.3, 0.4) is 0 Å². The van der Waals surface area contributed by atoms with Crippen LogP contribution in [0, 0.1) is 5.41 Å². The van der Waals surface area contributed by atoms with Gasteiger partial charge in [-0.2, -0.15) is 5.10 Å². The lowest BCUT2D eigenvalue weighted by atomic mass is 9.91. The number of aromatic nitrogens is 4. The SMILES string of the molecule is CCC[C@H](C)c1nc(N2CCN(C(=O)CC(C)(C)C)CC2)c2cnn(-c3ccccc3)c2n1. The van der Waals surface area contributed by atoms with Gasteiger partial charge in [-0.25, -0.2) is 14.6 Å². The molecule has 33 heavy (non-hydrogen) atoms. The normalized spacial score (nSPS) is 15.8. The van der Waals surface area contributed by atoms with Gasteiger partial charge in [0.2, 0.25) is 5.91 Å². The first-order valence-corrected chi connectivity index (χ1v) is 12.1. The summed E-state index contributed by atoms with van der Waals surface area (Å²) in [6.07, 6.45) is 4.58. The highest BCUT2D eigenvalue weighted by Gasteiger charge is 2.27. The molecule has 7 heteroatoms. The molecule has 0 unspecified atom stereocenters. The molecule has 1 atom stereocenters. The number of para-hydroxylation sites is 1. The zero-order chi connectivity index (χ0) is 23.6. The van der Waals surface area contributed by atoms with Crippen LogP contribution in [0.2, 0.25) is 0 Å². The molecule has 4 rings (SSSR count). The Hall–Kier alpha value is -2.96. The summed E-state index contributed by atoms with van der Waals surface area (Å²) in [4.78, 5) is 27.0. The van der Waals surface area contributed by atoms with Crippen molar-refractivity contribution in [2.24, 2.45) is 5.41 Å². The molecule has 0 saturated carbocycles. The second-order valence-corrected chi connectivity index (χ2v) is 10.3. The van der Waals surface area contributed by atoms with E-state index in [0.29, 0.717) is 19.5 Å². The molecule has 1 amide bonds. The highest BCUT2D eigenvalue weighted by atomic mass is 16.2. The van der Waals surface area contributed by atoms with Crippen LogP contribution in [0.4, 0.5) is 5.82 Å². The maximum Gasteiger partial charge on any atom is 0.223 e. The van der Waals surface area contributed by atoms with Gasteiger partial charge in [-0.15, -0.1) is 0 Å². The van der Waals surface area contributed by atoms with E-state index in [1.807, 2.05) is 46.1 Å². The molecule has 0 spiro atoms. The average molecular weight is 449 g/mol. The minimum absolute atomic E-state index is 0.00335. The van der Waals surface area contributed by atoms with Gasteiger partial charge >= 0.3 is 0 Å². The molecule has 176 valence electrons. The Labute approximate surface area is 196 Å². The minimum Gasteiger partial charge on any atom is -0.352 e. The predicted molar refractivity (Wildman–Crippen MR) is 133 cm³/mol. The first kappa shape index (κ1) is 23.2. The Balaban J connectivity index is 1.66. The summed E-state index contributed by atoms with van der Waals surface area (Å²) < 4.78 is 1.91. The standard InChI is InChI=1S/C26H36N6O/c1-6-10-19(2)23-28-24(31-15-13-30(14-16-31)22(33)17-26(3,4)5)21-18-27-32(25(21)29-23)20-11-8-7-9-12-20/h7-9,11-12,18-19H,6,10,13-17H2,1-5H3/t19-/m0/s1. The van der Waals surface area contributed by atoms with Crippen molar-refractivity contribution in [3.05, 3.63) is 42.4 Å². The van der Waals surface area contributed by atoms with Gasteiger partial charge < -0.3 is 9.80 Å². The fourth-order valence-corrected chi connectivity index (χ4v) is 4.42. The summed E-state index contributed by atoms with van der Waals surface area (Å²) >= 11 is 0. The zero-order valence-corrected chi connectivity index (χ0v) is 20.6. The molecule has 3 heterocycles. The number of anilines is 1. The summed E-state index contributed by atoms with van der Waals surface area (Å²) in [7, 11) is 0. The Morgan fingerprint density at radius 1 is 1.06 bits per heavy atom. The van der Waals surface area contributed by atoms with Crippen molar-refractivity contribution in [3.8, 4) is 5.69 Å². The fourth-order valence-electron chi connectivity index (χ4n) is 4.42. The lowest BCUT2D eigenvalue weighted by Gasteiger charge is -2.37. The van der Waals surface area contributed by atoms with Gasteiger partial charge in [0, 0.05) is 38.5 Å². The second kappa shape index (κ2) is 9.49. The molecule has 1 fully saturated rings. The van der Waals surface area contributed by atoms with Crippen LogP contribution in [-0.4, -0.2) is 56.7 Å². The number of benzene rings is 1. The fraction of sp³-hybridized carbons (Fsp3) is 0.538. The molecular weight excluding hydrogens is 412 g/mol. The number of nitrogens with zero attached hydrogens (tertiary/aromatic N) is 6. The lowest BCUT2D eigenvalue weighted by Crippen LogP contribution is -2.49. The number of hydrogen-bond acceptors (Lipinski definition) is 5. The van der Waals surface area contributed by atoms with Crippen molar-refractivity contribution in [1.29, 1.82) is 0 Å². The van der Waals surface area contributed by atoms with Crippen molar-refractivity contribution >= 4 is 22.8 Å². The molecule has 1 saturated heterocycles. The lowest BCUT2D eigenvalue weighted by molar-refractivity contribution is -0.133. The van der Waals surface area contributed by atoms with E-state index >= 15 is 0 Å². The van der Waals surface area contributed by atoms with Crippen LogP contribution in [0.15, 0.2) is 36.5 Å². The summed E-state index contributed by atoms with van der Waals surface area (Å²) in [6, 6.07) is 10.1. The van der Waals surface area contributed by atoms with Crippen LogP contribution in [0.25, 0.3) is 16.7 Å². The highest BCUT2D eigenvalue weighted by molar-refractivity contribution is 5.88. The van der Waals surface area contributed by atoms with Crippen molar-refractivity contribution in [3.63, 3.8) is 0 Å². The van der Waals surface area contributed by atoms with Crippen LogP contribution in [0.5, 0.6) is 0 Å².